The predicted molar refractivity (Wildman–Crippen MR) is 82.9 cm³/mol. The molecule has 0 heterocycles. The Morgan fingerprint density at radius 1 is 1.33 bits per heavy atom. The topological polar surface area (TPSA) is 63.2 Å². The third-order valence-electron chi connectivity index (χ3n) is 3.72. The van der Waals surface area contributed by atoms with E-state index in [1.165, 1.54) is 6.07 Å². The molecule has 0 saturated heterocycles. The maximum Gasteiger partial charge on any atom is 0.240 e. The van der Waals surface area contributed by atoms with Crippen LogP contribution < -0.4 is 4.72 Å². The SMILES string of the molecule is Cc1ccc(C(=O)C2CC2)cc1S(=O)(=O)NCCC(C)C. The molecule has 4 nitrogen and oxygen atoms in total. The van der Waals surface area contributed by atoms with Crippen LogP contribution >= 0.6 is 0 Å². The van der Waals surface area contributed by atoms with Crippen molar-refractivity contribution >= 4 is 15.8 Å². The van der Waals surface area contributed by atoms with Crippen molar-refractivity contribution in [2.45, 2.75) is 44.9 Å². The molecule has 116 valence electrons. The van der Waals surface area contributed by atoms with E-state index in [9.17, 15) is 13.2 Å². The van der Waals surface area contributed by atoms with Crippen molar-refractivity contribution in [2.75, 3.05) is 6.54 Å². The van der Waals surface area contributed by atoms with Crippen LogP contribution in [0.2, 0.25) is 0 Å². The van der Waals surface area contributed by atoms with Gasteiger partial charge in [-0.15, -0.1) is 0 Å². The summed E-state index contributed by atoms with van der Waals surface area (Å²) in [6.45, 7) is 6.27. The Labute approximate surface area is 127 Å². The molecule has 0 unspecified atom stereocenters. The third kappa shape index (κ3) is 4.14. The molecule has 21 heavy (non-hydrogen) atoms. The van der Waals surface area contributed by atoms with Gasteiger partial charge in [-0.3, -0.25) is 4.79 Å². The van der Waals surface area contributed by atoms with Gasteiger partial charge in [-0.05, 0) is 43.7 Å². The number of ketones is 1. The van der Waals surface area contributed by atoms with Crippen molar-refractivity contribution in [1.29, 1.82) is 0 Å². The molecule has 0 aromatic heterocycles. The van der Waals surface area contributed by atoms with Gasteiger partial charge >= 0.3 is 0 Å². The van der Waals surface area contributed by atoms with Gasteiger partial charge in [0.05, 0.1) is 4.90 Å². The molecule has 1 aromatic carbocycles. The number of hydrogen-bond donors (Lipinski definition) is 1. The highest BCUT2D eigenvalue weighted by Crippen LogP contribution is 2.33. The van der Waals surface area contributed by atoms with Crippen LogP contribution in [0, 0.1) is 18.8 Å². The Hall–Kier alpha value is -1.20. The number of rotatable bonds is 7. The maximum absolute atomic E-state index is 12.4. The van der Waals surface area contributed by atoms with Gasteiger partial charge in [0.15, 0.2) is 5.78 Å². The number of carbonyl (C=O) groups is 1. The van der Waals surface area contributed by atoms with E-state index in [1.807, 2.05) is 0 Å². The molecule has 0 atom stereocenters. The van der Waals surface area contributed by atoms with Crippen LogP contribution in [0.25, 0.3) is 0 Å². The Morgan fingerprint density at radius 2 is 2.00 bits per heavy atom. The zero-order valence-electron chi connectivity index (χ0n) is 12.8. The summed E-state index contributed by atoms with van der Waals surface area (Å²) >= 11 is 0. The summed E-state index contributed by atoms with van der Waals surface area (Å²) in [6.07, 6.45) is 2.63. The molecule has 0 aliphatic heterocycles. The molecule has 1 fully saturated rings. The van der Waals surface area contributed by atoms with Gasteiger partial charge in [0.2, 0.25) is 10.0 Å². The lowest BCUT2D eigenvalue weighted by Gasteiger charge is -2.11. The van der Waals surface area contributed by atoms with Crippen LogP contribution in [0.15, 0.2) is 23.1 Å². The van der Waals surface area contributed by atoms with Crippen molar-refractivity contribution in [1.82, 2.24) is 4.72 Å². The largest absolute Gasteiger partial charge is 0.294 e. The van der Waals surface area contributed by atoms with Crippen molar-refractivity contribution in [2.24, 2.45) is 11.8 Å². The highest BCUT2D eigenvalue weighted by molar-refractivity contribution is 7.89. The first-order chi connectivity index (χ1) is 9.81. The minimum atomic E-state index is -3.55. The lowest BCUT2D eigenvalue weighted by atomic mass is 10.1. The van der Waals surface area contributed by atoms with Gasteiger partial charge in [0.1, 0.15) is 0 Å². The minimum absolute atomic E-state index is 0.0635. The van der Waals surface area contributed by atoms with Gasteiger partial charge in [-0.2, -0.15) is 0 Å². The first-order valence-corrected chi connectivity index (χ1v) is 8.94. The van der Waals surface area contributed by atoms with Crippen LogP contribution in [-0.2, 0) is 10.0 Å². The zero-order chi connectivity index (χ0) is 15.6. The fourth-order valence-corrected chi connectivity index (χ4v) is 3.50. The number of aryl methyl sites for hydroxylation is 1. The van der Waals surface area contributed by atoms with Crippen molar-refractivity contribution in [3.05, 3.63) is 29.3 Å². The second kappa shape index (κ2) is 6.28. The number of benzene rings is 1. The smallest absolute Gasteiger partial charge is 0.240 e. The van der Waals surface area contributed by atoms with Crippen molar-refractivity contribution in [3.63, 3.8) is 0 Å². The van der Waals surface area contributed by atoms with Crippen molar-refractivity contribution < 1.29 is 13.2 Å². The van der Waals surface area contributed by atoms with Crippen LogP contribution in [0.3, 0.4) is 0 Å². The fourth-order valence-electron chi connectivity index (χ4n) is 2.18. The van der Waals surface area contributed by atoms with E-state index in [0.717, 1.165) is 19.3 Å². The number of nitrogens with one attached hydrogen (secondary N) is 1. The molecule has 2 rings (SSSR count). The van der Waals surface area contributed by atoms with Gasteiger partial charge in [0.25, 0.3) is 0 Å². The van der Waals surface area contributed by atoms with E-state index in [-0.39, 0.29) is 16.6 Å². The second-order valence-corrected chi connectivity index (χ2v) is 7.93. The third-order valence-corrected chi connectivity index (χ3v) is 5.33. The van der Waals surface area contributed by atoms with Crippen LogP contribution in [0.5, 0.6) is 0 Å². The van der Waals surface area contributed by atoms with E-state index < -0.39 is 10.0 Å². The predicted octanol–water partition coefficient (Wildman–Crippen LogP) is 2.91. The Bertz CT molecular complexity index is 631. The number of carbonyl (C=O) groups excluding carboxylic acids is 1. The first-order valence-electron chi connectivity index (χ1n) is 7.46. The number of hydrogen-bond acceptors (Lipinski definition) is 3. The molecule has 1 N–H and O–H groups in total. The van der Waals surface area contributed by atoms with E-state index in [2.05, 4.69) is 18.6 Å². The monoisotopic (exact) mass is 309 g/mol. The molecule has 1 aliphatic rings. The summed E-state index contributed by atoms with van der Waals surface area (Å²) in [5.41, 5.74) is 1.17. The highest BCUT2D eigenvalue weighted by atomic mass is 32.2. The van der Waals surface area contributed by atoms with Crippen LogP contribution in [0.1, 0.15) is 49.0 Å². The molecule has 1 aliphatic carbocycles. The quantitative estimate of drug-likeness (QED) is 0.788. The first kappa shape index (κ1) is 16.2. The molecule has 0 radical (unpaired) electrons. The highest BCUT2D eigenvalue weighted by Gasteiger charge is 2.31. The summed E-state index contributed by atoms with van der Waals surface area (Å²) in [5, 5.41) is 0. The number of Topliss-reactive ketones (excluding diaryl/α,β-unsaturated/α-hetero) is 1. The Morgan fingerprint density at radius 3 is 2.57 bits per heavy atom. The molecule has 1 aromatic rings. The van der Waals surface area contributed by atoms with Gasteiger partial charge in [0, 0.05) is 18.0 Å². The Kier molecular flexibility index (Phi) is 4.84. The van der Waals surface area contributed by atoms with Crippen LogP contribution in [0.4, 0.5) is 0 Å². The van der Waals surface area contributed by atoms with Gasteiger partial charge < -0.3 is 0 Å². The van der Waals surface area contributed by atoms with E-state index >= 15 is 0 Å². The van der Waals surface area contributed by atoms with Gasteiger partial charge in [-0.1, -0.05) is 26.0 Å². The second-order valence-electron chi connectivity index (χ2n) is 6.20. The zero-order valence-corrected chi connectivity index (χ0v) is 13.7. The van der Waals surface area contributed by atoms with Crippen LogP contribution in [-0.4, -0.2) is 20.7 Å². The standard InChI is InChI=1S/C16H23NO3S/c1-11(2)8-9-17-21(19,20)15-10-14(5-4-12(15)3)16(18)13-6-7-13/h4-5,10-11,13,17H,6-9H2,1-3H3. The summed E-state index contributed by atoms with van der Waals surface area (Å²) in [4.78, 5) is 12.3. The van der Waals surface area contributed by atoms with E-state index in [4.69, 9.17) is 0 Å². The van der Waals surface area contributed by atoms with E-state index in [0.29, 0.717) is 23.6 Å². The fraction of sp³-hybridized carbons (Fsp3) is 0.562. The molecule has 0 amide bonds. The van der Waals surface area contributed by atoms with Gasteiger partial charge in [-0.25, -0.2) is 13.1 Å². The van der Waals surface area contributed by atoms with Crippen molar-refractivity contribution in [3.8, 4) is 0 Å². The Balaban J connectivity index is 2.20. The average Bonchev–Trinajstić information content (AvgIpc) is 3.21. The maximum atomic E-state index is 12.4. The summed E-state index contributed by atoms with van der Waals surface area (Å²) in [7, 11) is -3.55. The molecule has 0 spiro atoms. The summed E-state index contributed by atoms with van der Waals surface area (Å²) < 4.78 is 27.4. The number of sulfonamides is 1. The summed E-state index contributed by atoms with van der Waals surface area (Å²) in [6, 6.07) is 4.96. The molecular weight excluding hydrogens is 286 g/mol. The molecule has 0 bridgehead atoms. The summed E-state index contributed by atoms with van der Waals surface area (Å²) in [5.74, 6) is 0.599. The van der Waals surface area contributed by atoms with E-state index in [1.54, 1.807) is 19.1 Å². The normalized spacial score (nSPS) is 15.4. The average molecular weight is 309 g/mol. The molecular formula is C16H23NO3S. The molecule has 5 heteroatoms. The lowest BCUT2D eigenvalue weighted by molar-refractivity contribution is 0.0967. The minimum Gasteiger partial charge on any atom is -0.294 e. The molecule has 1 saturated carbocycles. The lowest BCUT2D eigenvalue weighted by Crippen LogP contribution is -2.26.